The van der Waals surface area contributed by atoms with E-state index >= 15 is 0 Å². The normalized spacial score (nSPS) is 17.9. The zero-order chi connectivity index (χ0) is 11.4. The van der Waals surface area contributed by atoms with Crippen molar-refractivity contribution in [2.45, 2.75) is 25.3 Å². The van der Waals surface area contributed by atoms with E-state index < -0.39 is 0 Å². The van der Waals surface area contributed by atoms with Gasteiger partial charge in [-0.15, -0.1) is 6.42 Å². The Balaban J connectivity index is 2.23. The van der Waals surface area contributed by atoms with Crippen LogP contribution in [0.4, 0.5) is 0 Å². The predicted molar refractivity (Wildman–Crippen MR) is 61.4 cm³/mol. The van der Waals surface area contributed by atoms with Crippen molar-refractivity contribution in [3.8, 4) is 12.3 Å². The SMILES string of the molecule is C#CC(c1ccccn1)N1CCCCC1=O. The van der Waals surface area contributed by atoms with Crippen LogP contribution in [0.3, 0.4) is 0 Å². The average molecular weight is 214 g/mol. The van der Waals surface area contributed by atoms with E-state index in [1.165, 1.54) is 0 Å². The van der Waals surface area contributed by atoms with Gasteiger partial charge in [-0.05, 0) is 25.0 Å². The number of hydrogen-bond acceptors (Lipinski definition) is 2. The minimum absolute atomic E-state index is 0.139. The van der Waals surface area contributed by atoms with Crippen LogP contribution in [-0.4, -0.2) is 22.3 Å². The molecule has 1 amide bonds. The number of pyridine rings is 1. The third-order valence-electron chi connectivity index (χ3n) is 2.80. The van der Waals surface area contributed by atoms with E-state index in [1.54, 1.807) is 11.1 Å². The molecular formula is C13H14N2O. The highest BCUT2D eigenvalue weighted by molar-refractivity contribution is 5.77. The second-order valence-electron chi connectivity index (χ2n) is 3.87. The zero-order valence-electron chi connectivity index (χ0n) is 9.10. The second-order valence-corrected chi connectivity index (χ2v) is 3.87. The highest BCUT2D eigenvalue weighted by Gasteiger charge is 2.26. The molecule has 0 radical (unpaired) electrons. The first-order valence-corrected chi connectivity index (χ1v) is 5.49. The summed E-state index contributed by atoms with van der Waals surface area (Å²) in [5, 5.41) is 0. The molecule has 0 saturated carbocycles. The van der Waals surface area contributed by atoms with Gasteiger partial charge < -0.3 is 4.90 Å². The molecule has 2 heterocycles. The highest BCUT2D eigenvalue weighted by atomic mass is 16.2. The smallest absolute Gasteiger partial charge is 0.223 e. The first kappa shape index (κ1) is 10.7. The fraction of sp³-hybridized carbons (Fsp3) is 0.385. The van der Waals surface area contributed by atoms with Gasteiger partial charge in [0.15, 0.2) is 0 Å². The van der Waals surface area contributed by atoms with Crippen LogP contribution in [0.2, 0.25) is 0 Å². The third kappa shape index (κ3) is 2.06. The standard InChI is InChI=1S/C13H14N2O/c1-2-12(11-7-3-5-9-14-11)15-10-6-4-8-13(15)16/h1,3,5,7,9,12H,4,6,8,10H2. The largest absolute Gasteiger partial charge is 0.323 e. The van der Waals surface area contributed by atoms with Gasteiger partial charge in [0.25, 0.3) is 0 Å². The number of aromatic nitrogens is 1. The number of hydrogen-bond donors (Lipinski definition) is 0. The lowest BCUT2D eigenvalue weighted by atomic mass is 10.1. The van der Waals surface area contributed by atoms with Crippen LogP contribution >= 0.6 is 0 Å². The summed E-state index contributed by atoms with van der Waals surface area (Å²) < 4.78 is 0. The van der Waals surface area contributed by atoms with Crippen molar-refractivity contribution in [1.29, 1.82) is 0 Å². The first-order chi connectivity index (χ1) is 7.83. The number of amides is 1. The molecule has 1 atom stereocenters. The maximum atomic E-state index is 11.8. The van der Waals surface area contributed by atoms with Gasteiger partial charge in [0.05, 0.1) is 5.69 Å². The molecule has 3 heteroatoms. The lowest BCUT2D eigenvalue weighted by molar-refractivity contribution is -0.134. The molecule has 1 aliphatic rings. The average Bonchev–Trinajstić information content (AvgIpc) is 2.34. The van der Waals surface area contributed by atoms with Crippen molar-refractivity contribution < 1.29 is 4.79 Å². The lowest BCUT2D eigenvalue weighted by Gasteiger charge is -2.31. The van der Waals surface area contributed by atoms with Gasteiger partial charge in [-0.3, -0.25) is 9.78 Å². The Morgan fingerprint density at radius 3 is 2.94 bits per heavy atom. The van der Waals surface area contributed by atoms with Crippen LogP contribution < -0.4 is 0 Å². The summed E-state index contributed by atoms with van der Waals surface area (Å²) >= 11 is 0. The Bertz CT molecular complexity index is 408. The van der Waals surface area contributed by atoms with Crippen LogP contribution in [0, 0.1) is 12.3 Å². The minimum atomic E-state index is -0.311. The Hall–Kier alpha value is -1.82. The second kappa shape index (κ2) is 4.80. The molecule has 0 spiro atoms. The maximum Gasteiger partial charge on any atom is 0.223 e. The lowest BCUT2D eigenvalue weighted by Crippen LogP contribution is -2.38. The van der Waals surface area contributed by atoms with Gasteiger partial charge in [-0.2, -0.15) is 0 Å². The van der Waals surface area contributed by atoms with Gasteiger partial charge >= 0.3 is 0 Å². The summed E-state index contributed by atoms with van der Waals surface area (Å²) in [6, 6.07) is 5.29. The Morgan fingerprint density at radius 1 is 1.44 bits per heavy atom. The van der Waals surface area contributed by atoms with Crippen molar-refractivity contribution >= 4 is 5.91 Å². The topological polar surface area (TPSA) is 33.2 Å². The first-order valence-electron chi connectivity index (χ1n) is 5.49. The molecular weight excluding hydrogens is 200 g/mol. The summed E-state index contributed by atoms with van der Waals surface area (Å²) in [6.07, 6.45) is 9.81. The summed E-state index contributed by atoms with van der Waals surface area (Å²) in [5.41, 5.74) is 0.778. The van der Waals surface area contributed by atoms with Crippen molar-refractivity contribution in [1.82, 2.24) is 9.88 Å². The highest BCUT2D eigenvalue weighted by Crippen LogP contribution is 2.23. The molecule has 2 rings (SSSR count). The van der Waals surface area contributed by atoms with Crippen LogP contribution in [0.5, 0.6) is 0 Å². The molecule has 0 N–H and O–H groups in total. The molecule has 0 bridgehead atoms. The fourth-order valence-corrected chi connectivity index (χ4v) is 1.97. The number of carbonyl (C=O) groups excluding carboxylic acids is 1. The zero-order valence-corrected chi connectivity index (χ0v) is 9.10. The fourth-order valence-electron chi connectivity index (χ4n) is 1.97. The Morgan fingerprint density at radius 2 is 2.31 bits per heavy atom. The van der Waals surface area contributed by atoms with Crippen LogP contribution in [0.1, 0.15) is 31.0 Å². The van der Waals surface area contributed by atoms with E-state index in [0.717, 1.165) is 25.1 Å². The van der Waals surface area contributed by atoms with Crippen LogP contribution in [0.15, 0.2) is 24.4 Å². The molecule has 0 aromatic carbocycles. The van der Waals surface area contributed by atoms with Crippen LogP contribution in [0.25, 0.3) is 0 Å². The van der Waals surface area contributed by atoms with Gasteiger partial charge in [-0.1, -0.05) is 12.0 Å². The van der Waals surface area contributed by atoms with Crippen molar-refractivity contribution in [3.05, 3.63) is 30.1 Å². The van der Waals surface area contributed by atoms with E-state index in [1.807, 2.05) is 18.2 Å². The van der Waals surface area contributed by atoms with Gasteiger partial charge in [0.1, 0.15) is 6.04 Å². The number of carbonyl (C=O) groups is 1. The minimum Gasteiger partial charge on any atom is -0.323 e. The number of likely N-dealkylation sites (tertiary alicyclic amines) is 1. The van der Waals surface area contributed by atoms with E-state index in [4.69, 9.17) is 6.42 Å². The third-order valence-corrected chi connectivity index (χ3v) is 2.80. The van der Waals surface area contributed by atoms with E-state index in [0.29, 0.717) is 6.42 Å². The molecule has 0 aliphatic carbocycles. The Labute approximate surface area is 95.5 Å². The van der Waals surface area contributed by atoms with Crippen molar-refractivity contribution in [2.24, 2.45) is 0 Å². The molecule has 1 aromatic heterocycles. The molecule has 3 nitrogen and oxygen atoms in total. The molecule has 1 aromatic rings. The predicted octanol–water partition coefficient (Wildman–Crippen LogP) is 1.77. The van der Waals surface area contributed by atoms with E-state index in [2.05, 4.69) is 10.9 Å². The number of nitrogens with zero attached hydrogens (tertiary/aromatic N) is 2. The van der Waals surface area contributed by atoms with Crippen molar-refractivity contribution in [3.63, 3.8) is 0 Å². The summed E-state index contributed by atoms with van der Waals surface area (Å²) in [7, 11) is 0. The van der Waals surface area contributed by atoms with Gasteiger partial charge in [-0.25, -0.2) is 0 Å². The van der Waals surface area contributed by atoms with Crippen LogP contribution in [-0.2, 0) is 4.79 Å². The van der Waals surface area contributed by atoms with Gasteiger partial charge in [0, 0.05) is 19.2 Å². The molecule has 16 heavy (non-hydrogen) atoms. The summed E-state index contributed by atoms with van der Waals surface area (Å²) in [4.78, 5) is 17.7. The number of terminal acetylenes is 1. The summed E-state index contributed by atoms with van der Waals surface area (Å²) in [6.45, 7) is 0.740. The number of piperidine rings is 1. The molecule has 1 aliphatic heterocycles. The van der Waals surface area contributed by atoms with E-state index in [9.17, 15) is 4.79 Å². The maximum absolute atomic E-state index is 11.8. The van der Waals surface area contributed by atoms with Crippen molar-refractivity contribution in [2.75, 3.05) is 6.54 Å². The monoisotopic (exact) mass is 214 g/mol. The number of rotatable bonds is 2. The quantitative estimate of drug-likeness (QED) is 0.703. The molecule has 1 fully saturated rings. The summed E-state index contributed by atoms with van der Waals surface area (Å²) in [5.74, 6) is 2.80. The van der Waals surface area contributed by atoms with Gasteiger partial charge in [0.2, 0.25) is 5.91 Å². The molecule has 1 saturated heterocycles. The Kier molecular flexibility index (Phi) is 3.21. The van der Waals surface area contributed by atoms with E-state index in [-0.39, 0.29) is 11.9 Å². The molecule has 1 unspecified atom stereocenters. The molecule has 82 valence electrons.